The number of carbonyl (C=O) groups is 2. The van der Waals surface area contributed by atoms with Crippen molar-refractivity contribution in [2.75, 3.05) is 7.11 Å². The van der Waals surface area contributed by atoms with Gasteiger partial charge in [-0.2, -0.15) is 0 Å². The van der Waals surface area contributed by atoms with Crippen molar-refractivity contribution in [3.8, 4) is 5.75 Å². The summed E-state index contributed by atoms with van der Waals surface area (Å²) in [6, 6.07) is 14.9. The van der Waals surface area contributed by atoms with Gasteiger partial charge in [0.1, 0.15) is 11.8 Å². The van der Waals surface area contributed by atoms with Crippen LogP contribution in [0.3, 0.4) is 0 Å². The van der Waals surface area contributed by atoms with Gasteiger partial charge < -0.3 is 15.0 Å². The smallest absolute Gasteiger partial charge is 0.242 e. The van der Waals surface area contributed by atoms with Gasteiger partial charge in [-0.3, -0.25) is 9.59 Å². The molecule has 0 aliphatic carbocycles. The maximum atomic E-state index is 13.2. The number of aryl methyl sites for hydroxylation is 1. The second-order valence-electron chi connectivity index (χ2n) is 8.45. The fraction of sp³-hybridized carbons (Fsp3) is 0.417. The second-order valence-corrected chi connectivity index (χ2v) is 8.45. The minimum absolute atomic E-state index is 0.0822. The van der Waals surface area contributed by atoms with Crippen LogP contribution >= 0.6 is 0 Å². The van der Waals surface area contributed by atoms with Crippen LogP contribution < -0.4 is 10.1 Å². The summed E-state index contributed by atoms with van der Waals surface area (Å²) >= 11 is 0. The third-order valence-corrected chi connectivity index (χ3v) is 4.65. The standard InChI is InChI=1S/C24H32N2O3/c1-17-7-9-19(10-8-17)15-22(27)26(18(2)23(28)25-24(3,4)5)16-20-11-13-21(29-6)14-12-20/h7-14,18H,15-16H2,1-6H3,(H,25,28). The van der Waals surface area contributed by atoms with Crippen LogP contribution in [0.15, 0.2) is 48.5 Å². The van der Waals surface area contributed by atoms with Gasteiger partial charge in [-0.1, -0.05) is 42.0 Å². The number of rotatable bonds is 7. The first-order valence-corrected chi connectivity index (χ1v) is 9.89. The van der Waals surface area contributed by atoms with Crippen molar-refractivity contribution in [3.05, 3.63) is 65.2 Å². The first-order chi connectivity index (χ1) is 13.6. The van der Waals surface area contributed by atoms with Crippen molar-refractivity contribution in [2.45, 2.75) is 59.2 Å². The summed E-state index contributed by atoms with van der Waals surface area (Å²) in [5, 5.41) is 2.98. The molecule has 156 valence electrons. The summed E-state index contributed by atoms with van der Waals surface area (Å²) in [5.74, 6) is 0.509. The highest BCUT2D eigenvalue weighted by molar-refractivity contribution is 5.88. The Morgan fingerprint density at radius 2 is 1.55 bits per heavy atom. The van der Waals surface area contributed by atoms with E-state index in [0.717, 1.165) is 22.4 Å². The normalized spacial score (nSPS) is 12.2. The molecule has 2 rings (SSSR count). The molecule has 1 unspecified atom stereocenters. The minimum Gasteiger partial charge on any atom is -0.497 e. The zero-order valence-electron chi connectivity index (χ0n) is 18.3. The Hall–Kier alpha value is -2.82. The van der Waals surface area contributed by atoms with Gasteiger partial charge in [-0.05, 0) is 57.9 Å². The molecule has 0 bridgehead atoms. The molecule has 1 atom stereocenters. The fourth-order valence-corrected chi connectivity index (χ4v) is 2.97. The third-order valence-electron chi connectivity index (χ3n) is 4.65. The Kier molecular flexibility index (Phi) is 7.43. The van der Waals surface area contributed by atoms with Crippen LogP contribution in [0.4, 0.5) is 0 Å². The van der Waals surface area contributed by atoms with Gasteiger partial charge in [0.25, 0.3) is 0 Å². The van der Waals surface area contributed by atoms with Crippen molar-refractivity contribution in [2.24, 2.45) is 0 Å². The van der Waals surface area contributed by atoms with E-state index < -0.39 is 6.04 Å². The Labute approximate surface area is 174 Å². The zero-order chi connectivity index (χ0) is 21.6. The molecule has 0 saturated carbocycles. The first-order valence-electron chi connectivity index (χ1n) is 9.89. The molecule has 0 aromatic heterocycles. The maximum Gasteiger partial charge on any atom is 0.242 e. The van der Waals surface area contributed by atoms with Gasteiger partial charge >= 0.3 is 0 Å². The fourth-order valence-electron chi connectivity index (χ4n) is 2.97. The summed E-state index contributed by atoms with van der Waals surface area (Å²) in [7, 11) is 1.62. The number of hydrogen-bond donors (Lipinski definition) is 1. The average Bonchev–Trinajstić information content (AvgIpc) is 2.66. The number of carbonyl (C=O) groups excluding carboxylic acids is 2. The van der Waals surface area contributed by atoms with Crippen LogP contribution in [0, 0.1) is 6.92 Å². The van der Waals surface area contributed by atoms with E-state index >= 15 is 0 Å². The van der Waals surface area contributed by atoms with E-state index in [4.69, 9.17) is 4.74 Å². The molecule has 0 heterocycles. The van der Waals surface area contributed by atoms with Gasteiger partial charge in [-0.25, -0.2) is 0 Å². The Bertz CT molecular complexity index is 821. The van der Waals surface area contributed by atoms with Gasteiger partial charge in [0.2, 0.25) is 11.8 Å². The molecule has 1 N–H and O–H groups in total. The first kappa shape index (κ1) is 22.5. The average molecular weight is 397 g/mol. The molecule has 2 aromatic rings. The molecule has 0 saturated heterocycles. The van der Waals surface area contributed by atoms with Crippen molar-refractivity contribution in [1.82, 2.24) is 10.2 Å². The highest BCUT2D eigenvalue weighted by atomic mass is 16.5. The Balaban J connectivity index is 2.23. The van der Waals surface area contributed by atoms with E-state index in [9.17, 15) is 9.59 Å². The lowest BCUT2D eigenvalue weighted by molar-refractivity contribution is -0.140. The predicted octanol–water partition coefficient (Wildman–Crippen LogP) is 3.88. The summed E-state index contributed by atoms with van der Waals surface area (Å²) in [6.45, 7) is 9.93. The van der Waals surface area contributed by atoms with Gasteiger partial charge in [0, 0.05) is 12.1 Å². The lowest BCUT2D eigenvalue weighted by Crippen LogP contribution is -2.52. The number of nitrogens with zero attached hydrogens (tertiary/aromatic N) is 1. The van der Waals surface area contributed by atoms with Crippen molar-refractivity contribution >= 4 is 11.8 Å². The van der Waals surface area contributed by atoms with E-state index in [1.165, 1.54) is 0 Å². The van der Waals surface area contributed by atoms with Crippen LogP contribution in [-0.2, 0) is 22.6 Å². The summed E-state index contributed by atoms with van der Waals surface area (Å²) in [4.78, 5) is 27.6. The molecular weight excluding hydrogens is 364 g/mol. The van der Waals surface area contributed by atoms with Crippen LogP contribution in [0.5, 0.6) is 5.75 Å². The monoisotopic (exact) mass is 396 g/mol. The zero-order valence-corrected chi connectivity index (χ0v) is 18.3. The Morgan fingerprint density at radius 1 is 1.00 bits per heavy atom. The molecular formula is C24H32N2O3. The quantitative estimate of drug-likeness (QED) is 0.773. The second kappa shape index (κ2) is 9.59. The summed E-state index contributed by atoms with van der Waals surface area (Å²) in [6.07, 6.45) is 0.254. The summed E-state index contributed by atoms with van der Waals surface area (Å²) < 4.78 is 5.21. The van der Waals surface area contributed by atoms with Crippen molar-refractivity contribution in [3.63, 3.8) is 0 Å². The van der Waals surface area contributed by atoms with E-state index in [0.29, 0.717) is 6.54 Å². The number of benzene rings is 2. The number of methoxy groups -OCH3 is 1. The van der Waals surface area contributed by atoms with Crippen LogP contribution in [-0.4, -0.2) is 35.4 Å². The van der Waals surface area contributed by atoms with Gasteiger partial charge in [0.05, 0.1) is 13.5 Å². The minimum atomic E-state index is -0.589. The predicted molar refractivity (Wildman–Crippen MR) is 116 cm³/mol. The molecule has 0 aliphatic heterocycles. The maximum absolute atomic E-state index is 13.2. The lowest BCUT2D eigenvalue weighted by atomic mass is 10.1. The molecule has 2 amide bonds. The summed E-state index contributed by atoms with van der Waals surface area (Å²) in [5.41, 5.74) is 2.66. The number of amides is 2. The number of ether oxygens (including phenoxy) is 1. The Morgan fingerprint density at radius 3 is 2.07 bits per heavy atom. The molecule has 0 spiro atoms. The molecule has 0 aliphatic rings. The SMILES string of the molecule is COc1ccc(CN(C(=O)Cc2ccc(C)cc2)C(C)C(=O)NC(C)(C)C)cc1. The van der Waals surface area contributed by atoms with Crippen LogP contribution in [0.1, 0.15) is 44.4 Å². The van der Waals surface area contributed by atoms with Crippen molar-refractivity contribution < 1.29 is 14.3 Å². The number of nitrogens with one attached hydrogen (secondary N) is 1. The lowest BCUT2D eigenvalue weighted by Gasteiger charge is -2.31. The molecule has 5 nitrogen and oxygen atoms in total. The third kappa shape index (κ3) is 6.93. The van der Waals surface area contributed by atoms with Crippen LogP contribution in [0.2, 0.25) is 0 Å². The molecule has 29 heavy (non-hydrogen) atoms. The van der Waals surface area contributed by atoms with Crippen LogP contribution in [0.25, 0.3) is 0 Å². The van der Waals surface area contributed by atoms with E-state index in [1.54, 1.807) is 18.9 Å². The number of hydrogen-bond acceptors (Lipinski definition) is 3. The van der Waals surface area contributed by atoms with Gasteiger partial charge in [-0.15, -0.1) is 0 Å². The van der Waals surface area contributed by atoms with Gasteiger partial charge in [0.15, 0.2) is 0 Å². The molecule has 5 heteroatoms. The largest absolute Gasteiger partial charge is 0.497 e. The highest BCUT2D eigenvalue weighted by Gasteiger charge is 2.28. The van der Waals surface area contributed by atoms with Crippen molar-refractivity contribution in [1.29, 1.82) is 0 Å². The van der Waals surface area contributed by atoms with E-state index in [1.807, 2.05) is 76.2 Å². The topological polar surface area (TPSA) is 58.6 Å². The molecule has 0 radical (unpaired) electrons. The molecule has 2 aromatic carbocycles. The van der Waals surface area contributed by atoms with E-state index in [2.05, 4.69) is 5.32 Å². The highest BCUT2D eigenvalue weighted by Crippen LogP contribution is 2.17. The molecule has 0 fully saturated rings. The van der Waals surface area contributed by atoms with E-state index in [-0.39, 0.29) is 23.8 Å².